The number of halogens is 2. The van der Waals surface area contributed by atoms with Gasteiger partial charge < -0.3 is 5.32 Å². The number of nitrogens with one attached hydrogen (secondary N) is 1. The number of amides is 1. The summed E-state index contributed by atoms with van der Waals surface area (Å²) in [5.41, 5.74) is -0.763. The molecule has 0 aromatic carbocycles. The second kappa shape index (κ2) is 5.53. The minimum absolute atomic E-state index is 0.332. The van der Waals surface area contributed by atoms with E-state index in [4.69, 9.17) is 0 Å². The maximum atomic E-state index is 12.5. The molecule has 17 heavy (non-hydrogen) atoms. The molecule has 0 atom stereocenters. The number of carbonyl (C=O) groups excluding carboxylic acids is 1. The van der Waals surface area contributed by atoms with Crippen LogP contribution in [0.1, 0.15) is 24.5 Å². The molecule has 0 saturated carbocycles. The molecule has 0 aliphatic carbocycles. The molecule has 0 unspecified atom stereocenters. The number of aromatic nitrogens is 1. The van der Waals surface area contributed by atoms with Crippen LogP contribution in [0.3, 0.4) is 0 Å². The summed E-state index contributed by atoms with van der Waals surface area (Å²) < 4.78 is 25.1. The highest BCUT2D eigenvalue weighted by Crippen LogP contribution is 2.24. The molecule has 1 rings (SSSR count). The Hall–Kier alpha value is -1.04. The summed E-state index contributed by atoms with van der Waals surface area (Å²) in [5, 5.41) is 5.37. The van der Waals surface area contributed by atoms with E-state index in [0.29, 0.717) is 13.0 Å². The van der Waals surface area contributed by atoms with Gasteiger partial charge in [-0.05, 0) is 20.8 Å². The van der Waals surface area contributed by atoms with Gasteiger partial charge in [0.05, 0.1) is 10.7 Å². The van der Waals surface area contributed by atoms with Gasteiger partial charge in [0.25, 0.3) is 6.43 Å². The van der Waals surface area contributed by atoms with E-state index < -0.39 is 17.7 Å². The number of carbonyl (C=O) groups is 1. The highest BCUT2D eigenvalue weighted by atomic mass is 32.1. The van der Waals surface area contributed by atoms with Crippen LogP contribution in [0.15, 0.2) is 5.38 Å². The number of hydrogen-bond donors (Lipinski definition) is 1. The van der Waals surface area contributed by atoms with E-state index in [1.165, 1.54) is 25.2 Å². The van der Waals surface area contributed by atoms with Gasteiger partial charge in [-0.3, -0.25) is 4.79 Å². The van der Waals surface area contributed by atoms with Gasteiger partial charge in [-0.2, -0.15) is 0 Å². The second-order valence-electron chi connectivity index (χ2n) is 4.39. The summed E-state index contributed by atoms with van der Waals surface area (Å²) >= 11 is 1.53. The van der Waals surface area contributed by atoms with Crippen molar-refractivity contribution in [1.82, 2.24) is 10.3 Å². The first-order valence-electron chi connectivity index (χ1n) is 5.31. The van der Waals surface area contributed by atoms with Crippen molar-refractivity contribution in [2.24, 2.45) is 5.41 Å². The lowest BCUT2D eigenvalue weighted by atomic mass is 9.93. The summed E-state index contributed by atoms with van der Waals surface area (Å²) in [6.45, 7) is 4.70. The van der Waals surface area contributed by atoms with Gasteiger partial charge in [0, 0.05) is 18.3 Å². The van der Waals surface area contributed by atoms with Crippen molar-refractivity contribution in [1.29, 1.82) is 0 Å². The zero-order valence-corrected chi connectivity index (χ0v) is 10.9. The van der Waals surface area contributed by atoms with Crippen LogP contribution >= 0.6 is 11.3 Å². The summed E-state index contributed by atoms with van der Waals surface area (Å²) in [7, 11) is 0. The highest BCUT2D eigenvalue weighted by Gasteiger charge is 2.37. The average molecular weight is 262 g/mol. The average Bonchev–Trinajstić information content (AvgIpc) is 2.63. The number of thiazole rings is 1. The first-order chi connectivity index (χ1) is 7.84. The fourth-order valence-corrected chi connectivity index (χ4v) is 1.80. The first kappa shape index (κ1) is 14.0. The van der Waals surface area contributed by atoms with Crippen molar-refractivity contribution in [2.45, 2.75) is 33.6 Å². The molecule has 6 heteroatoms. The van der Waals surface area contributed by atoms with Crippen LogP contribution in [0.5, 0.6) is 0 Å². The molecule has 0 radical (unpaired) electrons. The van der Waals surface area contributed by atoms with Gasteiger partial charge in [0.15, 0.2) is 0 Å². The van der Waals surface area contributed by atoms with E-state index >= 15 is 0 Å². The van der Waals surface area contributed by atoms with Gasteiger partial charge >= 0.3 is 0 Å². The summed E-state index contributed by atoms with van der Waals surface area (Å²) in [5.74, 6) is -0.626. The number of nitrogens with zero attached hydrogens (tertiary/aromatic N) is 1. The zero-order valence-electron chi connectivity index (χ0n) is 10.1. The van der Waals surface area contributed by atoms with Crippen molar-refractivity contribution >= 4 is 17.2 Å². The van der Waals surface area contributed by atoms with Crippen LogP contribution < -0.4 is 5.32 Å². The van der Waals surface area contributed by atoms with Crippen molar-refractivity contribution in [3.8, 4) is 0 Å². The van der Waals surface area contributed by atoms with Gasteiger partial charge in [-0.1, -0.05) is 0 Å². The molecule has 3 nitrogen and oxygen atoms in total. The number of alkyl halides is 2. The van der Waals surface area contributed by atoms with E-state index in [-0.39, 0.29) is 0 Å². The van der Waals surface area contributed by atoms with E-state index in [1.807, 2.05) is 12.3 Å². The Morgan fingerprint density at radius 3 is 2.71 bits per heavy atom. The molecular formula is C11H16F2N2OS. The van der Waals surface area contributed by atoms with E-state index in [2.05, 4.69) is 10.3 Å². The predicted molar refractivity (Wildman–Crippen MR) is 63.3 cm³/mol. The van der Waals surface area contributed by atoms with E-state index in [1.54, 1.807) is 0 Å². The maximum absolute atomic E-state index is 12.5. The Morgan fingerprint density at radius 1 is 1.59 bits per heavy atom. The Morgan fingerprint density at radius 2 is 2.24 bits per heavy atom. The zero-order chi connectivity index (χ0) is 13.1. The standard InChI is InChI=1S/C11H16F2N2OS/c1-7-15-8(6-17-7)4-5-14-10(16)11(2,3)9(12)13/h6,9H,4-5H2,1-3H3,(H,14,16). The van der Waals surface area contributed by atoms with Crippen molar-refractivity contribution in [2.75, 3.05) is 6.54 Å². The second-order valence-corrected chi connectivity index (χ2v) is 5.45. The van der Waals surface area contributed by atoms with Gasteiger partial charge in [0.1, 0.15) is 5.41 Å². The fourth-order valence-electron chi connectivity index (χ4n) is 1.15. The Kier molecular flexibility index (Phi) is 4.56. The molecule has 1 aromatic heterocycles. The molecule has 0 aliphatic rings. The Bertz CT molecular complexity index is 391. The Balaban J connectivity index is 2.39. The fraction of sp³-hybridized carbons (Fsp3) is 0.636. The first-order valence-corrected chi connectivity index (χ1v) is 6.19. The minimum atomic E-state index is -2.66. The molecule has 0 bridgehead atoms. The molecule has 0 spiro atoms. The van der Waals surface area contributed by atoms with Crippen LogP contribution in [-0.2, 0) is 11.2 Å². The summed E-state index contributed by atoms with van der Waals surface area (Å²) in [4.78, 5) is 15.7. The molecule has 96 valence electrons. The normalized spacial score (nSPS) is 11.9. The topological polar surface area (TPSA) is 42.0 Å². The van der Waals surface area contributed by atoms with Crippen LogP contribution in [0.2, 0.25) is 0 Å². The highest BCUT2D eigenvalue weighted by molar-refractivity contribution is 7.09. The third-order valence-corrected chi connectivity index (χ3v) is 3.29. The minimum Gasteiger partial charge on any atom is -0.355 e. The van der Waals surface area contributed by atoms with Gasteiger partial charge in [0.2, 0.25) is 5.91 Å². The maximum Gasteiger partial charge on any atom is 0.252 e. The predicted octanol–water partition coefficient (Wildman–Crippen LogP) is 2.40. The van der Waals surface area contributed by atoms with E-state index in [0.717, 1.165) is 10.7 Å². The van der Waals surface area contributed by atoms with Gasteiger partial charge in [-0.15, -0.1) is 11.3 Å². The molecule has 1 N–H and O–H groups in total. The molecule has 0 aliphatic heterocycles. The molecule has 0 fully saturated rings. The lowest BCUT2D eigenvalue weighted by Gasteiger charge is -2.22. The van der Waals surface area contributed by atoms with Crippen molar-refractivity contribution in [3.63, 3.8) is 0 Å². The smallest absolute Gasteiger partial charge is 0.252 e. The monoisotopic (exact) mass is 262 g/mol. The van der Waals surface area contributed by atoms with Crippen LogP contribution in [0, 0.1) is 12.3 Å². The third-order valence-electron chi connectivity index (χ3n) is 2.46. The number of rotatable bonds is 5. The number of aryl methyl sites for hydroxylation is 1. The van der Waals surface area contributed by atoms with Gasteiger partial charge in [-0.25, -0.2) is 13.8 Å². The molecule has 0 saturated heterocycles. The largest absolute Gasteiger partial charge is 0.355 e. The summed E-state index contributed by atoms with van der Waals surface area (Å²) in [6.07, 6.45) is -2.10. The SMILES string of the molecule is Cc1nc(CCNC(=O)C(C)(C)C(F)F)cs1. The lowest BCUT2D eigenvalue weighted by molar-refractivity contribution is -0.137. The van der Waals surface area contributed by atoms with E-state index in [9.17, 15) is 13.6 Å². The van der Waals surface area contributed by atoms with Crippen molar-refractivity contribution in [3.05, 3.63) is 16.1 Å². The third kappa shape index (κ3) is 3.73. The number of hydrogen-bond acceptors (Lipinski definition) is 3. The quantitative estimate of drug-likeness (QED) is 0.885. The van der Waals surface area contributed by atoms with Crippen LogP contribution in [0.25, 0.3) is 0 Å². The van der Waals surface area contributed by atoms with Crippen LogP contribution in [0.4, 0.5) is 8.78 Å². The van der Waals surface area contributed by atoms with Crippen molar-refractivity contribution < 1.29 is 13.6 Å². The Labute approximate surface area is 103 Å². The molecular weight excluding hydrogens is 246 g/mol. The lowest BCUT2D eigenvalue weighted by Crippen LogP contribution is -2.42. The molecule has 1 amide bonds. The van der Waals surface area contributed by atoms with Crippen LogP contribution in [-0.4, -0.2) is 23.9 Å². The summed E-state index contributed by atoms with van der Waals surface area (Å²) in [6, 6.07) is 0. The molecule has 1 heterocycles. The molecule has 1 aromatic rings.